The molecule has 1 aromatic carbocycles. The number of hydrogen-bond acceptors (Lipinski definition) is 6. The summed E-state index contributed by atoms with van der Waals surface area (Å²) in [5.41, 5.74) is 2.73. The van der Waals surface area contributed by atoms with Crippen molar-refractivity contribution in [3.05, 3.63) is 46.9 Å². The molecule has 0 bridgehead atoms. The SMILES string of the molecule is COc1ccc(C)cc1CC(=O)N1CCCC1c1nc(CN(C)C(C)=O)cc(N(C)C)n1. The van der Waals surface area contributed by atoms with Crippen LogP contribution in [0.25, 0.3) is 0 Å². The van der Waals surface area contributed by atoms with Crippen LogP contribution in [0.1, 0.15) is 48.5 Å². The average Bonchev–Trinajstić information content (AvgIpc) is 3.23. The molecule has 1 atom stereocenters. The molecule has 0 N–H and O–H groups in total. The van der Waals surface area contributed by atoms with Crippen molar-refractivity contribution in [1.29, 1.82) is 0 Å². The fourth-order valence-electron chi connectivity index (χ4n) is 3.96. The molecule has 32 heavy (non-hydrogen) atoms. The van der Waals surface area contributed by atoms with Crippen LogP contribution in [0.4, 0.5) is 5.82 Å². The molecule has 1 saturated heterocycles. The number of amides is 2. The van der Waals surface area contributed by atoms with Crippen LogP contribution in [0, 0.1) is 6.92 Å². The zero-order valence-electron chi connectivity index (χ0n) is 19.9. The molecular formula is C24H33N5O3. The molecule has 2 aromatic rings. The zero-order chi connectivity index (χ0) is 23.4. The van der Waals surface area contributed by atoms with Crippen molar-refractivity contribution in [2.45, 2.75) is 45.7 Å². The number of carbonyl (C=O) groups excluding carboxylic acids is 2. The first-order chi connectivity index (χ1) is 15.2. The largest absolute Gasteiger partial charge is 0.496 e. The highest BCUT2D eigenvalue weighted by Crippen LogP contribution is 2.32. The van der Waals surface area contributed by atoms with E-state index in [1.54, 1.807) is 19.1 Å². The molecule has 2 amide bonds. The van der Waals surface area contributed by atoms with Gasteiger partial charge in [0.2, 0.25) is 11.8 Å². The number of anilines is 1. The summed E-state index contributed by atoms with van der Waals surface area (Å²) in [6.07, 6.45) is 1.99. The lowest BCUT2D eigenvalue weighted by Gasteiger charge is -2.26. The van der Waals surface area contributed by atoms with Crippen LogP contribution in [0.3, 0.4) is 0 Å². The van der Waals surface area contributed by atoms with Crippen molar-refractivity contribution in [3.63, 3.8) is 0 Å². The summed E-state index contributed by atoms with van der Waals surface area (Å²) in [6, 6.07) is 7.59. The molecule has 0 saturated carbocycles. The number of hydrogen-bond donors (Lipinski definition) is 0. The summed E-state index contributed by atoms with van der Waals surface area (Å²) in [4.78, 5) is 39.9. The van der Waals surface area contributed by atoms with Crippen molar-refractivity contribution in [2.75, 3.05) is 39.7 Å². The normalized spacial score (nSPS) is 15.6. The Hall–Kier alpha value is -3.16. The molecule has 0 aliphatic carbocycles. The molecule has 8 heteroatoms. The van der Waals surface area contributed by atoms with Gasteiger partial charge in [0, 0.05) is 46.2 Å². The Morgan fingerprint density at radius 3 is 2.59 bits per heavy atom. The molecule has 1 fully saturated rings. The Morgan fingerprint density at radius 1 is 1.19 bits per heavy atom. The lowest BCUT2D eigenvalue weighted by molar-refractivity contribution is -0.131. The monoisotopic (exact) mass is 439 g/mol. The van der Waals surface area contributed by atoms with Crippen molar-refractivity contribution in [3.8, 4) is 5.75 Å². The maximum absolute atomic E-state index is 13.3. The van der Waals surface area contributed by atoms with Crippen molar-refractivity contribution < 1.29 is 14.3 Å². The smallest absolute Gasteiger partial charge is 0.227 e. The van der Waals surface area contributed by atoms with Crippen molar-refractivity contribution in [2.24, 2.45) is 0 Å². The number of aryl methyl sites for hydroxylation is 1. The van der Waals surface area contributed by atoms with Gasteiger partial charge >= 0.3 is 0 Å². The van der Waals surface area contributed by atoms with E-state index in [-0.39, 0.29) is 24.3 Å². The minimum atomic E-state index is -0.181. The van der Waals surface area contributed by atoms with E-state index >= 15 is 0 Å². The third-order valence-electron chi connectivity index (χ3n) is 5.83. The molecule has 0 spiro atoms. The lowest BCUT2D eigenvalue weighted by atomic mass is 10.1. The van der Waals surface area contributed by atoms with Gasteiger partial charge in [-0.25, -0.2) is 9.97 Å². The second kappa shape index (κ2) is 9.97. The molecule has 1 unspecified atom stereocenters. The maximum Gasteiger partial charge on any atom is 0.227 e. The van der Waals surface area contributed by atoms with Gasteiger partial charge in [0.1, 0.15) is 11.6 Å². The highest BCUT2D eigenvalue weighted by molar-refractivity contribution is 5.80. The Labute approximate surface area is 190 Å². The number of benzene rings is 1. The summed E-state index contributed by atoms with van der Waals surface area (Å²) in [6.45, 7) is 4.61. The minimum absolute atomic E-state index is 0.0265. The van der Waals surface area contributed by atoms with Crippen LogP contribution >= 0.6 is 0 Å². The van der Waals surface area contributed by atoms with Gasteiger partial charge in [-0.15, -0.1) is 0 Å². The van der Waals surface area contributed by atoms with E-state index in [1.807, 2.05) is 55.1 Å². The van der Waals surface area contributed by atoms with Gasteiger partial charge in [0.25, 0.3) is 0 Å². The standard InChI is InChI=1S/C24H33N5O3/c1-16-9-10-21(32-6)18(12-16)13-23(31)29-11-7-8-20(29)24-25-19(15-28(5)17(2)30)14-22(26-24)27(3)4/h9-10,12,14,20H,7-8,11,13,15H2,1-6H3. The topological polar surface area (TPSA) is 78.9 Å². The van der Waals surface area contributed by atoms with E-state index in [2.05, 4.69) is 0 Å². The fraction of sp³-hybridized carbons (Fsp3) is 0.500. The highest BCUT2D eigenvalue weighted by Gasteiger charge is 2.33. The predicted molar refractivity (Wildman–Crippen MR) is 124 cm³/mol. The molecule has 1 aliphatic rings. The Balaban J connectivity index is 1.88. The van der Waals surface area contributed by atoms with Crippen LogP contribution in [0.5, 0.6) is 5.75 Å². The zero-order valence-corrected chi connectivity index (χ0v) is 19.9. The van der Waals surface area contributed by atoms with E-state index in [4.69, 9.17) is 14.7 Å². The van der Waals surface area contributed by atoms with Crippen LogP contribution < -0.4 is 9.64 Å². The van der Waals surface area contributed by atoms with Gasteiger partial charge < -0.3 is 19.4 Å². The summed E-state index contributed by atoms with van der Waals surface area (Å²) in [5, 5.41) is 0. The Kier molecular flexibility index (Phi) is 7.33. The first-order valence-corrected chi connectivity index (χ1v) is 10.9. The van der Waals surface area contributed by atoms with E-state index in [0.717, 1.165) is 41.2 Å². The van der Waals surface area contributed by atoms with Crippen molar-refractivity contribution >= 4 is 17.6 Å². The summed E-state index contributed by atoms with van der Waals surface area (Å²) in [7, 11) is 7.22. The second-order valence-electron chi connectivity index (χ2n) is 8.58. The molecular weight excluding hydrogens is 406 g/mol. The number of ether oxygens (including phenoxy) is 1. The van der Waals surface area contributed by atoms with Gasteiger partial charge in [0.05, 0.1) is 31.8 Å². The number of aromatic nitrogens is 2. The molecule has 1 aromatic heterocycles. The number of carbonyl (C=O) groups is 2. The summed E-state index contributed by atoms with van der Waals surface area (Å²) >= 11 is 0. The third-order valence-corrected chi connectivity index (χ3v) is 5.83. The number of likely N-dealkylation sites (tertiary alicyclic amines) is 1. The summed E-state index contributed by atoms with van der Waals surface area (Å²) in [5.74, 6) is 2.13. The number of rotatable bonds is 7. The van der Waals surface area contributed by atoms with Crippen LogP contribution in [0.15, 0.2) is 24.3 Å². The van der Waals surface area contributed by atoms with Crippen LogP contribution in [0.2, 0.25) is 0 Å². The first-order valence-electron chi connectivity index (χ1n) is 10.9. The maximum atomic E-state index is 13.3. The van der Waals surface area contributed by atoms with E-state index < -0.39 is 0 Å². The van der Waals surface area contributed by atoms with Gasteiger partial charge in [-0.05, 0) is 25.8 Å². The van der Waals surface area contributed by atoms with Crippen molar-refractivity contribution in [1.82, 2.24) is 19.8 Å². The Bertz CT molecular complexity index is 992. The predicted octanol–water partition coefficient (Wildman–Crippen LogP) is 2.74. The third kappa shape index (κ3) is 5.36. The van der Waals surface area contributed by atoms with Gasteiger partial charge in [-0.2, -0.15) is 0 Å². The van der Waals surface area contributed by atoms with Gasteiger partial charge in [-0.3, -0.25) is 9.59 Å². The molecule has 8 nitrogen and oxygen atoms in total. The molecule has 2 heterocycles. The number of nitrogens with zero attached hydrogens (tertiary/aromatic N) is 5. The summed E-state index contributed by atoms with van der Waals surface area (Å²) < 4.78 is 5.46. The molecule has 3 rings (SSSR count). The van der Waals surface area contributed by atoms with Crippen LogP contribution in [-0.4, -0.2) is 66.4 Å². The second-order valence-corrected chi connectivity index (χ2v) is 8.58. The fourth-order valence-corrected chi connectivity index (χ4v) is 3.96. The average molecular weight is 440 g/mol. The molecule has 1 aliphatic heterocycles. The molecule has 0 radical (unpaired) electrons. The van der Waals surface area contributed by atoms with E-state index in [9.17, 15) is 9.59 Å². The van der Waals surface area contributed by atoms with Gasteiger partial charge in [-0.1, -0.05) is 17.7 Å². The van der Waals surface area contributed by atoms with E-state index in [0.29, 0.717) is 18.9 Å². The van der Waals surface area contributed by atoms with Gasteiger partial charge in [0.15, 0.2) is 5.82 Å². The quantitative estimate of drug-likeness (QED) is 0.660. The Morgan fingerprint density at radius 2 is 1.94 bits per heavy atom. The first kappa shape index (κ1) is 23.5. The highest BCUT2D eigenvalue weighted by atomic mass is 16.5. The molecule has 172 valence electrons. The number of methoxy groups -OCH3 is 1. The van der Waals surface area contributed by atoms with Crippen LogP contribution in [-0.2, 0) is 22.6 Å². The minimum Gasteiger partial charge on any atom is -0.496 e. The van der Waals surface area contributed by atoms with E-state index in [1.165, 1.54) is 6.92 Å². The lowest BCUT2D eigenvalue weighted by Crippen LogP contribution is -2.33.